The van der Waals surface area contributed by atoms with Crippen LogP contribution in [0.25, 0.3) is 11.2 Å². The highest BCUT2D eigenvalue weighted by Crippen LogP contribution is 2.27. The molecule has 9 nitrogen and oxygen atoms in total. The van der Waals surface area contributed by atoms with E-state index in [9.17, 15) is 9.59 Å². The van der Waals surface area contributed by atoms with Gasteiger partial charge in [-0.15, -0.1) is 5.10 Å². The van der Waals surface area contributed by atoms with Crippen molar-refractivity contribution in [2.45, 2.75) is 33.1 Å². The number of hydrogen-bond donors (Lipinski definition) is 1. The largest absolute Gasteiger partial charge is 0.450 e. The first kappa shape index (κ1) is 23.8. The van der Waals surface area contributed by atoms with Gasteiger partial charge >= 0.3 is 6.09 Å². The fraction of sp³-hybridized carbons (Fsp3) is 0.407. The van der Waals surface area contributed by atoms with Gasteiger partial charge in [-0.2, -0.15) is 4.98 Å². The zero-order valence-corrected chi connectivity index (χ0v) is 20.8. The maximum Gasteiger partial charge on any atom is 0.410 e. The molecule has 0 spiro atoms. The number of fused-ring (bicyclic) bond motifs is 1. The predicted octanol–water partition coefficient (Wildman–Crippen LogP) is 4.59. The molecule has 0 saturated carbocycles. The number of ether oxygens (including phenoxy) is 1. The molecule has 2 amide bonds. The van der Waals surface area contributed by atoms with E-state index in [1.165, 1.54) is 0 Å². The minimum absolute atomic E-state index is 0.0928. The Kier molecular flexibility index (Phi) is 6.88. The molecule has 2 aromatic heterocycles. The van der Waals surface area contributed by atoms with Crippen LogP contribution in [0.15, 0.2) is 48.7 Å². The molecule has 0 bridgehead atoms. The van der Waals surface area contributed by atoms with E-state index in [-0.39, 0.29) is 12.0 Å². The molecule has 188 valence electrons. The second kappa shape index (κ2) is 10.4. The van der Waals surface area contributed by atoms with Crippen molar-refractivity contribution in [3.8, 4) is 0 Å². The van der Waals surface area contributed by atoms with Gasteiger partial charge in [-0.3, -0.25) is 4.79 Å². The van der Waals surface area contributed by atoms with Crippen molar-refractivity contribution in [2.24, 2.45) is 5.92 Å². The van der Waals surface area contributed by atoms with Crippen molar-refractivity contribution in [3.05, 3.63) is 59.8 Å². The fourth-order valence-corrected chi connectivity index (χ4v) is 4.86. The monoisotopic (exact) mass is 488 g/mol. The van der Waals surface area contributed by atoms with Gasteiger partial charge in [0.15, 0.2) is 5.65 Å². The lowest BCUT2D eigenvalue weighted by molar-refractivity contribution is 0.0786. The number of likely N-dealkylation sites (tertiary alicyclic amines) is 1. The van der Waals surface area contributed by atoms with Crippen LogP contribution in [0, 0.1) is 5.92 Å². The summed E-state index contributed by atoms with van der Waals surface area (Å²) in [6.07, 6.45) is 6.56. The predicted molar refractivity (Wildman–Crippen MR) is 138 cm³/mol. The first-order valence-electron chi connectivity index (χ1n) is 12.7. The van der Waals surface area contributed by atoms with Crippen LogP contribution in [0.3, 0.4) is 0 Å². The number of pyridine rings is 1. The minimum Gasteiger partial charge on any atom is -0.450 e. The molecule has 1 unspecified atom stereocenters. The highest BCUT2D eigenvalue weighted by molar-refractivity contribution is 5.94. The second-order valence-electron chi connectivity index (χ2n) is 9.27. The standard InChI is InChI=1S/C27H32N6O3/c1-3-19-11-15-32(18-19)25(34)21-7-9-22(10-8-21)28-26-29-24-23(6-5-14-33(24)30-26)20-12-16-31(17-13-20)27(35)36-4-2/h5-10,12,14,19H,3-4,11,13,15-18H2,1-2H3,(H,28,30). The molecular formula is C27H32N6O3. The zero-order chi connectivity index (χ0) is 25.1. The summed E-state index contributed by atoms with van der Waals surface area (Å²) in [6.45, 7) is 7.16. The quantitative estimate of drug-likeness (QED) is 0.546. The Bertz CT molecular complexity index is 1280. The van der Waals surface area contributed by atoms with E-state index in [4.69, 9.17) is 9.72 Å². The Labute approximate surface area is 210 Å². The second-order valence-corrected chi connectivity index (χ2v) is 9.27. The third kappa shape index (κ3) is 4.91. The smallest absolute Gasteiger partial charge is 0.410 e. The third-order valence-electron chi connectivity index (χ3n) is 6.98. The van der Waals surface area contributed by atoms with Crippen LogP contribution in [0.2, 0.25) is 0 Å². The summed E-state index contributed by atoms with van der Waals surface area (Å²) in [5.41, 5.74) is 4.40. The van der Waals surface area contributed by atoms with Crippen LogP contribution in [0.4, 0.5) is 16.4 Å². The van der Waals surface area contributed by atoms with Crippen molar-refractivity contribution < 1.29 is 14.3 Å². The molecule has 5 rings (SSSR count). The van der Waals surface area contributed by atoms with Gasteiger partial charge in [0.1, 0.15) is 0 Å². The molecule has 1 fully saturated rings. The lowest BCUT2D eigenvalue weighted by atomic mass is 10.0. The number of nitrogens with zero attached hydrogens (tertiary/aromatic N) is 5. The van der Waals surface area contributed by atoms with E-state index in [0.717, 1.165) is 54.8 Å². The summed E-state index contributed by atoms with van der Waals surface area (Å²) in [6, 6.07) is 11.5. The minimum atomic E-state index is -0.279. The van der Waals surface area contributed by atoms with Crippen LogP contribution in [-0.2, 0) is 4.74 Å². The molecule has 3 aromatic rings. The number of rotatable bonds is 6. The first-order valence-corrected chi connectivity index (χ1v) is 12.7. The van der Waals surface area contributed by atoms with E-state index >= 15 is 0 Å². The van der Waals surface area contributed by atoms with Gasteiger partial charge in [-0.25, -0.2) is 9.31 Å². The number of anilines is 2. The number of carbonyl (C=O) groups is 2. The van der Waals surface area contributed by atoms with Gasteiger partial charge in [-0.1, -0.05) is 19.4 Å². The number of hydrogen-bond acceptors (Lipinski definition) is 6. The highest BCUT2D eigenvalue weighted by Gasteiger charge is 2.26. The van der Waals surface area contributed by atoms with Crippen molar-refractivity contribution in [3.63, 3.8) is 0 Å². The molecule has 2 aliphatic heterocycles. The molecular weight excluding hydrogens is 456 g/mol. The van der Waals surface area contributed by atoms with Crippen molar-refractivity contribution >= 4 is 34.9 Å². The number of benzene rings is 1. The Morgan fingerprint density at radius 3 is 2.64 bits per heavy atom. The average Bonchev–Trinajstić information content (AvgIpc) is 3.56. The Hall–Kier alpha value is -3.88. The average molecular weight is 489 g/mol. The van der Waals surface area contributed by atoms with E-state index < -0.39 is 0 Å². The van der Waals surface area contributed by atoms with Crippen molar-refractivity contribution in [1.82, 2.24) is 24.4 Å². The van der Waals surface area contributed by atoms with Crippen molar-refractivity contribution in [1.29, 1.82) is 0 Å². The Morgan fingerprint density at radius 1 is 1.11 bits per heavy atom. The van der Waals surface area contributed by atoms with Crippen molar-refractivity contribution in [2.75, 3.05) is 38.1 Å². The summed E-state index contributed by atoms with van der Waals surface area (Å²) >= 11 is 0. The normalized spacial score (nSPS) is 17.8. The molecule has 1 N–H and O–H groups in total. The topological polar surface area (TPSA) is 92.1 Å². The van der Waals surface area contributed by atoms with Gasteiger partial charge in [0.2, 0.25) is 5.95 Å². The molecule has 0 aliphatic carbocycles. The maximum absolute atomic E-state index is 12.8. The van der Waals surface area contributed by atoms with Crippen LogP contribution in [0.1, 0.15) is 49.0 Å². The molecule has 1 aromatic carbocycles. The number of amides is 2. The van der Waals surface area contributed by atoms with Gasteiger partial charge in [-0.05, 0) is 67.7 Å². The maximum atomic E-state index is 12.8. The zero-order valence-electron chi connectivity index (χ0n) is 20.8. The van der Waals surface area contributed by atoms with Crippen LogP contribution in [0.5, 0.6) is 0 Å². The molecule has 36 heavy (non-hydrogen) atoms. The lowest BCUT2D eigenvalue weighted by Gasteiger charge is -2.25. The fourth-order valence-electron chi connectivity index (χ4n) is 4.86. The van der Waals surface area contributed by atoms with Gasteiger partial charge < -0.3 is 19.9 Å². The lowest BCUT2D eigenvalue weighted by Crippen LogP contribution is -2.35. The Balaban J connectivity index is 1.28. The SMILES string of the molecule is CCOC(=O)N1CC=C(c2cccn3nc(Nc4ccc(C(=O)N5CCC(CC)C5)cc4)nc23)CC1. The molecule has 2 aliphatic rings. The molecule has 9 heteroatoms. The van der Waals surface area contributed by atoms with Crippen LogP contribution >= 0.6 is 0 Å². The number of aromatic nitrogens is 3. The van der Waals surface area contributed by atoms with E-state index in [2.05, 4.69) is 23.4 Å². The summed E-state index contributed by atoms with van der Waals surface area (Å²) in [5.74, 6) is 1.19. The summed E-state index contributed by atoms with van der Waals surface area (Å²) in [7, 11) is 0. The molecule has 4 heterocycles. The Morgan fingerprint density at radius 2 is 1.94 bits per heavy atom. The highest BCUT2D eigenvalue weighted by atomic mass is 16.6. The van der Waals surface area contributed by atoms with Gasteiger partial charge in [0.05, 0.1) is 6.61 Å². The van der Waals surface area contributed by atoms with Crippen LogP contribution < -0.4 is 5.32 Å². The summed E-state index contributed by atoms with van der Waals surface area (Å²) < 4.78 is 6.87. The number of nitrogens with one attached hydrogen (secondary N) is 1. The van der Waals surface area contributed by atoms with Crippen LogP contribution in [-0.4, -0.2) is 69.2 Å². The van der Waals surface area contributed by atoms with Gasteiger partial charge in [0.25, 0.3) is 5.91 Å². The summed E-state index contributed by atoms with van der Waals surface area (Å²) in [4.78, 5) is 33.2. The molecule has 1 saturated heterocycles. The van der Waals surface area contributed by atoms with Gasteiger partial charge in [0, 0.05) is 49.2 Å². The summed E-state index contributed by atoms with van der Waals surface area (Å²) in [5, 5.41) is 7.83. The third-order valence-corrected chi connectivity index (χ3v) is 6.98. The van der Waals surface area contributed by atoms with E-state index in [0.29, 0.717) is 37.1 Å². The number of carbonyl (C=O) groups excluding carboxylic acids is 2. The first-order chi connectivity index (χ1) is 17.6. The molecule has 1 atom stereocenters. The van der Waals surface area contributed by atoms with E-state index in [1.54, 1.807) is 9.42 Å². The van der Waals surface area contributed by atoms with E-state index in [1.807, 2.05) is 54.4 Å². The molecule has 0 radical (unpaired) electrons.